The van der Waals surface area contributed by atoms with Crippen molar-refractivity contribution in [3.05, 3.63) is 29.8 Å². The first-order chi connectivity index (χ1) is 8.85. The van der Waals surface area contributed by atoms with Crippen LogP contribution in [0.25, 0.3) is 0 Å². The highest BCUT2D eigenvalue weighted by atomic mass is 16.5. The van der Waals surface area contributed by atoms with Crippen LogP contribution >= 0.6 is 0 Å². The molecule has 0 fully saturated rings. The molecule has 0 aromatic heterocycles. The number of primary amides is 1. The molecule has 0 spiro atoms. The topological polar surface area (TPSA) is 81.4 Å². The summed E-state index contributed by atoms with van der Waals surface area (Å²) < 4.78 is 5.05. The molecule has 0 heterocycles. The zero-order chi connectivity index (χ0) is 14.5. The van der Waals surface area contributed by atoms with Gasteiger partial charge in [-0.2, -0.15) is 0 Å². The molecule has 104 valence electrons. The van der Waals surface area contributed by atoms with Gasteiger partial charge in [-0.15, -0.1) is 0 Å². The van der Waals surface area contributed by atoms with Gasteiger partial charge in [0.1, 0.15) is 5.75 Å². The molecule has 0 atom stereocenters. The van der Waals surface area contributed by atoms with Gasteiger partial charge >= 0.3 is 0 Å². The van der Waals surface area contributed by atoms with Crippen LogP contribution in [-0.2, 0) is 16.1 Å². The summed E-state index contributed by atoms with van der Waals surface area (Å²) in [4.78, 5) is 22.8. The molecule has 0 bridgehead atoms. The summed E-state index contributed by atoms with van der Waals surface area (Å²) in [6, 6.07) is 7.40. The van der Waals surface area contributed by atoms with Gasteiger partial charge in [0.2, 0.25) is 11.8 Å². The first-order valence-corrected chi connectivity index (χ1v) is 6.04. The third-order valence-corrected chi connectivity index (χ3v) is 2.92. The Balaban J connectivity index is 2.48. The molecule has 0 aliphatic rings. The highest BCUT2D eigenvalue weighted by Crippen LogP contribution is 2.19. The van der Waals surface area contributed by atoms with Gasteiger partial charge in [-0.25, -0.2) is 0 Å². The van der Waals surface area contributed by atoms with Crippen LogP contribution < -0.4 is 15.8 Å². The van der Waals surface area contributed by atoms with Crippen LogP contribution in [0.3, 0.4) is 0 Å². The first kappa shape index (κ1) is 15.0. The largest absolute Gasteiger partial charge is 0.497 e. The number of hydrogen-bond acceptors (Lipinski definition) is 3. The van der Waals surface area contributed by atoms with E-state index in [4.69, 9.17) is 10.5 Å². The number of benzene rings is 1. The lowest BCUT2D eigenvalue weighted by Gasteiger charge is -2.19. The molecule has 0 saturated carbocycles. The zero-order valence-corrected chi connectivity index (χ0v) is 11.5. The molecule has 5 nitrogen and oxygen atoms in total. The van der Waals surface area contributed by atoms with E-state index in [1.54, 1.807) is 21.0 Å². The van der Waals surface area contributed by atoms with E-state index in [9.17, 15) is 9.59 Å². The SMILES string of the molecule is COc1ccc(CNC(=O)CC(C)(C)C(N)=O)cc1. The average Bonchev–Trinajstić information content (AvgIpc) is 2.36. The molecular formula is C14H20N2O3. The molecule has 0 saturated heterocycles. The lowest BCUT2D eigenvalue weighted by molar-refractivity contribution is -0.132. The molecule has 0 aliphatic heterocycles. The number of carbonyl (C=O) groups is 2. The van der Waals surface area contributed by atoms with Gasteiger partial charge in [-0.05, 0) is 17.7 Å². The van der Waals surface area contributed by atoms with Crippen molar-refractivity contribution in [1.82, 2.24) is 5.32 Å². The molecule has 0 radical (unpaired) electrons. The Morgan fingerprint density at radius 3 is 2.32 bits per heavy atom. The first-order valence-electron chi connectivity index (χ1n) is 6.04. The smallest absolute Gasteiger partial charge is 0.223 e. The summed E-state index contributed by atoms with van der Waals surface area (Å²) in [6.45, 7) is 3.72. The number of methoxy groups -OCH3 is 1. The van der Waals surface area contributed by atoms with Crippen molar-refractivity contribution < 1.29 is 14.3 Å². The predicted octanol–water partition coefficient (Wildman–Crippen LogP) is 1.21. The number of hydrogen-bond donors (Lipinski definition) is 2. The maximum atomic E-state index is 11.7. The minimum atomic E-state index is -0.829. The van der Waals surface area contributed by atoms with Crippen molar-refractivity contribution >= 4 is 11.8 Å². The maximum absolute atomic E-state index is 11.7. The molecule has 0 unspecified atom stereocenters. The van der Waals surface area contributed by atoms with E-state index in [1.165, 1.54) is 0 Å². The highest BCUT2D eigenvalue weighted by Gasteiger charge is 2.27. The van der Waals surface area contributed by atoms with Gasteiger partial charge in [0.25, 0.3) is 0 Å². The lowest BCUT2D eigenvalue weighted by atomic mass is 9.88. The van der Waals surface area contributed by atoms with Crippen molar-refractivity contribution in [3.63, 3.8) is 0 Å². The van der Waals surface area contributed by atoms with E-state index in [1.807, 2.05) is 24.3 Å². The predicted molar refractivity (Wildman–Crippen MR) is 72.4 cm³/mol. The number of ether oxygens (including phenoxy) is 1. The number of nitrogens with one attached hydrogen (secondary N) is 1. The van der Waals surface area contributed by atoms with Gasteiger partial charge in [-0.1, -0.05) is 26.0 Å². The van der Waals surface area contributed by atoms with Crippen LogP contribution in [-0.4, -0.2) is 18.9 Å². The van der Waals surface area contributed by atoms with Crippen LogP contribution in [0.4, 0.5) is 0 Å². The van der Waals surface area contributed by atoms with E-state index in [0.717, 1.165) is 11.3 Å². The molecule has 1 aromatic rings. The molecule has 3 N–H and O–H groups in total. The minimum absolute atomic E-state index is 0.0818. The summed E-state index contributed by atoms with van der Waals surface area (Å²) in [7, 11) is 1.60. The molecular weight excluding hydrogens is 244 g/mol. The van der Waals surface area contributed by atoms with Crippen molar-refractivity contribution in [2.24, 2.45) is 11.1 Å². The van der Waals surface area contributed by atoms with Gasteiger partial charge in [0, 0.05) is 13.0 Å². The molecule has 1 rings (SSSR count). The lowest BCUT2D eigenvalue weighted by Crippen LogP contribution is -2.37. The van der Waals surface area contributed by atoms with Crippen molar-refractivity contribution in [1.29, 1.82) is 0 Å². The number of carbonyl (C=O) groups excluding carboxylic acids is 2. The molecule has 2 amide bonds. The fourth-order valence-electron chi connectivity index (χ4n) is 1.50. The van der Waals surface area contributed by atoms with E-state index >= 15 is 0 Å². The van der Waals surface area contributed by atoms with E-state index in [-0.39, 0.29) is 12.3 Å². The standard InChI is InChI=1S/C14H20N2O3/c1-14(2,13(15)18)8-12(17)16-9-10-4-6-11(19-3)7-5-10/h4-7H,8-9H2,1-3H3,(H2,15,18)(H,16,17). The number of nitrogens with two attached hydrogens (primary N) is 1. The van der Waals surface area contributed by atoms with Crippen LogP contribution in [0.5, 0.6) is 5.75 Å². The van der Waals surface area contributed by atoms with Gasteiger partial charge in [0.05, 0.1) is 12.5 Å². The Labute approximate surface area is 113 Å². The quantitative estimate of drug-likeness (QED) is 0.810. The number of rotatable bonds is 6. The average molecular weight is 264 g/mol. The third kappa shape index (κ3) is 4.62. The minimum Gasteiger partial charge on any atom is -0.497 e. The Morgan fingerprint density at radius 1 is 1.26 bits per heavy atom. The van der Waals surface area contributed by atoms with Crippen LogP contribution in [0.2, 0.25) is 0 Å². The highest BCUT2D eigenvalue weighted by molar-refractivity contribution is 5.87. The Morgan fingerprint density at radius 2 is 1.84 bits per heavy atom. The molecule has 5 heteroatoms. The second kappa shape index (κ2) is 6.22. The van der Waals surface area contributed by atoms with Crippen LogP contribution in [0.15, 0.2) is 24.3 Å². The van der Waals surface area contributed by atoms with Crippen molar-refractivity contribution in [2.75, 3.05) is 7.11 Å². The van der Waals surface area contributed by atoms with Crippen LogP contribution in [0.1, 0.15) is 25.8 Å². The fraction of sp³-hybridized carbons (Fsp3) is 0.429. The Hall–Kier alpha value is -2.04. The Bertz CT molecular complexity index is 452. The summed E-state index contributed by atoms with van der Waals surface area (Å²) in [5, 5.41) is 2.76. The fourth-order valence-corrected chi connectivity index (χ4v) is 1.50. The van der Waals surface area contributed by atoms with Crippen LogP contribution in [0, 0.1) is 5.41 Å². The van der Waals surface area contributed by atoms with E-state index in [0.29, 0.717) is 6.54 Å². The second-order valence-corrected chi connectivity index (χ2v) is 5.05. The third-order valence-electron chi connectivity index (χ3n) is 2.92. The maximum Gasteiger partial charge on any atom is 0.223 e. The van der Waals surface area contributed by atoms with Gasteiger partial charge in [-0.3, -0.25) is 9.59 Å². The number of amides is 2. The molecule has 1 aromatic carbocycles. The van der Waals surface area contributed by atoms with Gasteiger partial charge in [0.15, 0.2) is 0 Å². The summed E-state index contributed by atoms with van der Waals surface area (Å²) >= 11 is 0. The van der Waals surface area contributed by atoms with E-state index in [2.05, 4.69) is 5.32 Å². The normalized spacial score (nSPS) is 10.9. The van der Waals surface area contributed by atoms with E-state index < -0.39 is 11.3 Å². The summed E-state index contributed by atoms with van der Waals surface area (Å²) in [5.74, 6) is 0.0941. The summed E-state index contributed by atoms with van der Waals surface area (Å²) in [5.41, 5.74) is 5.36. The van der Waals surface area contributed by atoms with Gasteiger partial charge < -0.3 is 15.8 Å². The monoisotopic (exact) mass is 264 g/mol. The van der Waals surface area contributed by atoms with Crippen molar-refractivity contribution in [2.45, 2.75) is 26.8 Å². The molecule has 19 heavy (non-hydrogen) atoms. The summed E-state index contributed by atoms with van der Waals surface area (Å²) in [6.07, 6.45) is 0.0818. The second-order valence-electron chi connectivity index (χ2n) is 5.05. The van der Waals surface area contributed by atoms with Crippen molar-refractivity contribution in [3.8, 4) is 5.75 Å². The zero-order valence-electron chi connectivity index (χ0n) is 11.5. The Kier molecular flexibility index (Phi) is 4.92. The molecule has 0 aliphatic carbocycles.